The van der Waals surface area contributed by atoms with Crippen LogP contribution in [-0.2, 0) is 6.54 Å². The van der Waals surface area contributed by atoms with E-state index in [1.165, 1.54) is 5.56 Å². The van der Waals surface area contributed by atoms with E-state index < -0.39 is 0 Å². The third-order valence-corrected chi connectivity index (χ3v) is 3.55. The number of benzene rings is 1. The zero-order valence-electron chi connectivity index (χ0n) is 10.8. The van der Waals surface area contributed by atoms with E-state index in [9.17, 15) is 0 Å². The number of nitrogens with one attached hydrogen (secondary N) is 1. The third-order valence-electron chi connectivity index (χ3n) is 2.37. The first-order valence-corrected chi connectivity index (χ1v) is 7.70. The predicted octanol–water partition coefficient (Wildman–Crippen LogP) is 4.67. The second kappa shape index (κ2) is 8.73. The number of allylic oxidation sites excluding steroid dienone is 1. The van der Waals surface area contributed by atoms with Crippen LogP contribution in [0.25, 0.3) is 0 Å². The average molecular weight is 377 g/mol. The van der Waals surface area contributed by atoms with E-state index in [1.54, 1.807) is 0 Å². The number of halogens is 2. The first-order valence-electron chi connectivity index (χ1n) is 6.11. The molecule has 2 nitrogen and oxygen atoms in total. The van der Waals surface area contributed by atoms with Gasteiger partial charge in [-0.3, -0.25) is 0 Å². The molecule has 0 radical (unpaired) electrons. The Labute approximate surface area is 126 Å². The summed E-state index contributed by atoms with van der Waals surface area (Å²) in [6.07, 6.45) is 5.10. The van der Waals surface area contributed by atoms with Crippen molar-refractivity contribution in [2.45, 2.75) is 26.8 Å². The Balaban J connectivity index is 2.70. The standard InChI is InChI=1S/C14H19Br2NO/c1-3-5-7-18-14-12(15)8-11(9-13(14)16)10-17-6-4-2/h3,5,8-9,17H,4,6-7,10H2,1-2H3/b5-3+. The van der Waals surface area contributed by atoms with Crippen LogP contribution < -0.4 is 10.1 Å². The van der Waals surface area contributed by atoms with Gasteiger partial charge < -0.3 is 10.1 Å². The van der Waals surface area contributed by atoms with Crippen LogP contribution in [0.2, 0.25) is 0 Å². The highest BCUT2D eigenvalue weighted by molar-refractivity contribution is 9.11. The van der Waals surface area contributed by atoms with Gasteiger partial charge in [0.05, 0.1) is 8.95 Å². The molecule has 100 valence electrons. The van der Waals surface area contributed by atoms with Gasteiger partial charge in [0.15, 0.2) is 0 Å². The monoisotopic (exact) mass is 375 g/mol. The molecule has 1 rings (SSSR count). The summed E-state index contributed by atoms with van der Waals surface area (Å²) in [5.41, 5.74) is 1.24. The number of hydrogen-bond acceptors (Lipinski definition) is 2. The van der Waals surface area contributed by atoms with Gasteiger partial charge in [0.2, 0.25) is 0 Å². The molecule has 1 aromatic rings. The lowest BCUT2D eigenvalue weighted by molar-refractivity contribution is 0.358. The van der Waals surface area contributed by atoms with E-state index in [1.807, 2.05) is 19.1 Å². The van der Waals surface area contributed by atoms with Crippen LogP contribution >= 0.6 is 31.9 Å². The zero-order valence-corrected chi connectivity index (χ0v) is 14.0. The van der Waals surface area contributed by atoms with E-state index in [-0.39, 0.29) is 0 Å². The van der Waals surface area contributed by atoms with Crippen LogP contribution in [-0.4, -0.2) is 13.2 Å². The van der Waals surface area contributed by atoms with Crippen LogP contribution in [0.4, 0.5) is 0 Å². The molecule has 0 aliphatic heterocycles. The highest BCUT2D eigenvalue weighted by Gasteiger charge is 2.08. The van der Waals surface area contributed by atoms with Crippen LogP contribution in [0, 0.1) is 0 Å². The molecule has 0 amide bonds. The second-order valence-electron chi connectivity index (χ2n) is 3.95. The normalized spacial score (nSPS) is 11.1. The lowest BCUT2D eigenvalue weighted by atomic mass is 10.2. The molecular weight excluding hydrogens is 358 g/mol. The van der Waals surface area contributed by atoms with Crippen molar-refractivity contribution in [3.8, 4) is 5.75 Å². The van der Waals surface area contributed by atoms with E-state index in [0.717, 1.165) is 34.2 Å². The minimum Gasteiger partial charge on any atom is -0.487 e. The van der Waals surface area contributed by atoms with Gasteiger partial charge in [0, 0.05) is 6.54 Å². The molecule has 18 heavy (non-hydrogen) atoms. The minimum atomic E-state index is 0.584. The molecule has 0 unspecified atom stereocenters. The third kappa shape index (κ3) is 5.12. The Morgan fingerprint density at radius 3 is 2.50 bits per heavy atom. The average Bonchev–Trinajstić information content (AvgIpc) is 2.33. The molecule has 0 heterocycles. The molecular formula is C14H19Br2NO. The molecule has 0 aliphatic carbocycles. The zero-order chi connectivity index (χ0) is 13.4. The maximum absolute atomic E-state index is 5.69. The first kappa shape index (κ1) is 15.7. The van der Waals surface area contributed by atoms with Crippen molar-refractivity contribution in [2.75, 3.05) is 13.2 Å². The van der Waals surface area contributed by atoms with Crippen molar-refractivity contribution in [1.82, 2.24) is 5.32 Å². The molecule has 1 aromatic carbocycles. The quantitative estimate of drug-likeness (QED) is 0.551. The Kier molecular flexibility index (Phi) is 7.63. The molecule has 0 atom stereocenters. The fourth-order valence-corrected chi connectivity index (χ4v) is 3.00. The summed E-state index contributed by atoms with van der Waals surface area (Å²) >= 11 is 7.10. The van der Waals surface area contributed by atoms with Gasteiger partial charge in [-0.05, 0) is 69.4 Å². The van der Waals surface area contributed by atoms with Crippen molar-refractivity contribution >= 4 is 31.9 Å². The molecule has 0 bridgehead atoms. The Morgan fingerprint density at radius 2 is 1.94 bits per heavy atom. The van der Waals surface area contributed by atoms with Crippen molar-refractivity contribution in [3.05, 3.63) is 38.8 Å². The molecule has 0 spiro atoms. The van der Waals surface area contributed by atoms with E-state index in [4.69, 9.17) is 4.74 Å². The number of rotatable bonds is 7. The van der Waals surface area contributed by atoms with Gasteiger partial charge in [0.1, 0.15) is 12.4 Å². The summed E-state index contributed by atoms with van der Waals surface area (Å²) in [7, 11) is 0. The summed E-state index contributed by atoms with van der Waals surface area (Å²) in [5, 5.41) is 3.38. The van der Waals surface area contributed by atoms with Gasteiger partial charge in [-0.25, -0.2) is 0 Å². The summed E-state index contributed by atoms with van der Waals surface area (Å²) in [5.74, 6) is 0.854. The van der Waals surface area contributed by atoms with Gasteiger partial charge in [0.25, 0.3) is 0 Å². The van der Waals surface area contributed by atoms with Crippen molar-refractivity contribution in [1.29, 1.82) is 0 Å². The number of hydrogen-bond donors (Lipinski definition) is 1. The fraction of sp³-hybridized carbons (Fsp3) is 0.429. The highest BCUT2D eigenvalue weighted by Crippen LogP contribution is 2.34. The highest BCUT2D eigenvalue weighted by atomic mass is 79.9. The number of ether oxygens (including phenoxy) is 1. The van der Waals surface area contributed by atoms with Gasteiger partial charge in [-0.1, -0.05) is 19.1 Å². The van der Waals surface area contributed by atoms with Crippen molar-refractivity contribution in [2.24, 2.45) is 0 Å². The smallest absolute Gasteiger partial charge is 0.148 e. The van der Waals surface area contributed by atoms with Crippen molar-refractivity contribution in [3.63, 3.8) is 0 Å². The van der Waals surface area contributed by atoms with Crippen molar-refractivity contribution < 1.29 is 4.74 Å². The van der Waals surface area contributed by atoms with E-state index in [2.05, 4.69) is 56.2 Å². The fourth-order valence-electron chi connectivity index (χ4n) is 1.49. The molecule has 0 aromatic heterocycles. The largest absolute Gasteiger partial charge is 0.487 e. The SMILES string of the molecule is C/C=C/COc1c(Br)cc(CNCCC)cc1Br. The summed E-state index contributed by atoms with van der Waals surface area (Å²) in [4.78, 5) is 0. The predicted molar refractivity (Wildman–Crippen MR) is 84.1 cm³/mol. The summed E-state index contributed by atoms with van der Waals surface area (Å²) < 4.78 is 7.65. The molecule has 0 aliphatic rings. The van der Waals surface area contributed by atoms with Crippen LogP contribution in [0.1, 0.15) is 25.8 Å². The minimum absolute atomic E-state index is 0.584. The van der Waals surface area contributed by atoms with Gasteiger partial charge in [-0.15, -0.1) is 0 Å². The maximum atomic E-state index is 5.69. The maximum Gasteiger partial charge on any atom is 0.148 e. The lowest BCUT2D eigenvalue weighted by Gasteiger charge is -2.11. The van der Waals surface area contributed by atoms with Crippen LogP contribution in [0.3, 0.4) is 0 Å². The van der Waals surface area contributed by atoms with Gasteiger partial charge >= 0.3 is 0 Å². The summed E-state index contributed by atoms with van der Waals surface area (Å²) in [6.45, 7) is 6.64. The Bertz CT molecular complexity index is 382. The molecule has 1 N–H and O–H groups in total. The Morgan fingerprint density at radius 1 is 1.28 bits per heavy atom. The van der Waals surface area contributed by atoms with Gasteiger partial charge in [-0.2, -0.15) is 0 Å². The van der Waals surface area contributed by atoms with E-state index >= 15 is 0 Å². The molecule has 4 heteroatoms. The lowest BCUT2D eigenvalue weighted by Crippen LogP contribution is -2.13. The molecule has 0 fully saturated rings. The summed E-state index contributed by atoms with van der Waals surface area (Å²) in [6, 6.07) is 4.19. The van der Waals surface area contributed by atoms with E-state index in [0.29, 0.717) is 6.61 Å². The van der Waals surface area contributed by atoms with Crippen LogP contribution in [0.15, 0.2) is 33.2 Å². The molecule has 0 saturated carbocycles. The first-order chi connectivity index (χ1) is 8.69. The topological polar surface area (TPSA) is 21.3 Å². The van der Waals surface area contributed by atoms with Crippen LogP contribution in [0.5, 0.6) is 5.75 Å². The second-order valence-corrected chi connectivity index (χ2v) is 5.65. The molecule has 0 saturated heterocycles. The Hall–Kier alpha value is -0.320.